The summed E-state index contributed by atoms with van der Waals surface area (Å²) in [5, 5.41) is 3.19. The quantitative estimate of drug-likeness (QED) is 0.800. The van der Waals surface area contributed by atoms with E-state index in [1.165, 1.54) is 17.0 Å². The molecule has 0 spiro atoms. The van der Waals surface area contributed by atoms with Crippen LogP contribution < -0.4 is 11.1 Å². The Morgan fingerprint density at radius 3 is 2.76 bits per heavy atom. The number of rotatable bonds is 4. The second-order valence-corrected chi connectivity index (χ2v) is 5.24. The fourth-order valence-corrected chi connectivity index (χ4v) is 2.43. The third kappa shape index (κ3) is 3.22. The Bertz CT molecular complexity index is 603. The molecule has 1 aromatic rings. The van der Waals surface area contributed by atoms with Gasteiger partial charge in [-0.15, -0.1) is 0 Å². The maximum absolute atomic E-state index is 12.2. The Balaban J connectivity index is 2.22. The predicted octanol–water partition coefficient (Wildman–Crippen LogP) is 0.676. The number of nitrogens with zero attached hydrogens (tertiary/aromatic N) is 1. The molecular weight excluding hydrogens is 294 g/mol. The summed E-state index contributed by atoms with van der Waals surface area (Å²) in [7, 11) is 0. The Morgan fingerprint density at radius 1 is 1.48 bits per heavy atom. The van der Waals surface area contributed by atoms with Crippen molar-refractivity contribution in [2.24, 2.45) is 5.73 Å². The zero-order valence-electron chi connectivity index (χ0n) is 11.6. The number of carbonyl (C=O) groups is 3. The first-order valence-corrected chi connectivity index (χ1v) is 6.97. The molecule has 112 valence electrons. The van der Waals surface area contributed by atoms with Gasteiger partial charge >= 0.3 is 0 Å². The number of piperazine rings is 1. The number of amides is 3. The maximum Gasteiger partial charge on any atom is 0.248 e. The van der Waals surface area contributed by atoms with Crippen LogP contribution in [0.25, 0.3) is 0 Å². The van der Waals surface area contributed by atoms with Gasteiger partial charge in [0, 0.05) is 10.6 Å². The summed E-state index contributed by atoms with van der Waals surface area (Å²) in [6.45, 7) is 2.09. The second-order valence-electron chi connectivity index (χ2n) is 4.83. The molecule has 21 heavy (non-hydrogen) atoms. The minimum Gasteiger partial charge on any atom is -0.366 e. The van der Waals surface area contributed by atoms with E-state index in [9.17, 15) is 14.4 Å². The number of hydrogen-bond donors (Lipinski definition) is 2. The first-order valence-electron chi connectivity index (χ1n) is 6.59. The van der Waals surface area contributed by atoms with Crippen LogP contribution in [0.15, 0.2) is 18.2 Å². The molecule has 1 unspecified atom stereocenters. The Kier molecular flexibility index (Phi) is 4.59. The summed E-state index contributed by atoms with van der Waals surface area (Å²) < 4.78 is 0. The minimum absolute atomic E-state index is 0.0910. The maximum atomic E-state index is 12.2. The number of imide groups is 1. The molecule has 2 rings (SSSR count). The molecule has 1 atom stereocenters. The Morgan fingerprint density at radius 2 is 2.19 bits per heavy atom. The zero-order chi connectivity index (χ0) is 15.6. The van der Waals surface area contributed by atoms with E-state index in [1.54, 1.807) is 6.07 Å². The summed E-state index contributed by atoms with van der Waals surface area (Å²) in [6, 6.07) is 4.21. The van der Waals surface area contributed by atoms with Gasteiger partial charge in [-0.25, -0.2) is 0 Å². The lowest BCUT2D eigenvalue weighted by atomic mass is 10.1. The molecule has 1 heterocycles. The van der Waals surface area contributed by atoms with E-state index in [4.69, 9.17) is 17.3 Å². The normalized spacial score (nSPS) is 19.0. The predicted molar refractivity (Wildman–Crippen MR) is 77.6 cm³/mol. The lowest BCUT2D eigenvalue weighted by Gasteiger charge is -2.31. The number of primary amides is 1. The van der Waals surface area contributed by atoms with E-state index < -0.39 is 5.91 Å². The van der Waals surface area contributed by atoms with Crippen LogP contribution in [0.5, 0.6) is 0 Å². The van der Waals surface area contributed by atoms with E-state index in [0.29, 0.717) is 17.0 Å². The standard InChI is InChI=1S/C14H16ClN3O3/c1-2-11-14(21)18(12(19)6-17-11)7-9-4-3-8(13(16)20)5-10(9)15/h3-5,11,17H,2,6-7H2,1H3,(H2,16,20). The van der Waals surface area contributed by atoms with Crippen molar-refractivity contribution in [3.63, 3.8) is 0 Å². The molecule has 0 bridgehead atoms. The van der Waals surface area contributed by atoms with Crippen LogP contribution in [0, 0.1) is 0 Å². The van der Waals surface area contributed by atoms with Gasteiger partial charge in [0.05, 0.1) is 19.1 Å². The molecule has 0 saturated carbocycles. The van der Waals surface area contributed by atoms with E-state index in [1.807, 2.05) is 6.92 Å². The Hall–Kier alpha value is -1.92. The van der Waals surface area contributed by atoms with Crippen LogP contribution in [0.1, 0.15) is 29.3 Å². The van der Waals surface area contributed by atoms with Gasteiger partial charge in [-0.2, -0.15) is 0 Å². The van der Waals surface area contributed by atoms with Gasteiger partial charge in [0.1, 0.15) is 0 Å². The number of hydrogen-bond acceptors (Lipinski definition) is 4. The molecule has 1 aliphatic heterocycles. The smallest absolute Gasteiger partial charge is 0.248 e. The molecule has 7 heteroatoms. The van der Waals surface area contributed by atoms with E-state index in [-0.39, 0.29) is 36.5 Å². The molecule has 0 aliphatic carbocycles. The van der Waals surface area contributed by atoms with Crippen LogP contribution in [0.4, 0.5) is 0 Å². The van der Waals surface area contributed by atoms with Gasteiger partial charge in [0.15, 0.2) is 0 Å². The van der Waals surface area contributed by atoms with Crippen LogP contribution in [-0.4, -0.2) is 35.2 Å². The summed E-state index contributed by atoms with van der Waals surface area (Å²) in [5.74, 6) is -1.13. The van der Waals surface area contributed by atoms with Crippen LogP contribution in [0.3, 0.4) is 0 Å². The molecule has 6 nitrogen and oxygen atoms in total. The topological polar surface area (TPSA) is 92.5 Å². The first-order chi connectivity index (χ1) is 9.93. The highest BCUT2D eigenvalue weighted by molar-refractivity contribution is 6.31. The third-order valence-electron chi connectivity index (χ3n) is 3.44. The number of halogens is 1. The first kappa shape index (κ1) is 15.5. The summed E-state index contributed by atoms with van der Waals surface area (Å²) in [5.41, 5.74) is 6.06. The van der Waals surface area contributed by atoms with Gasteiger partial charge in [0.25, 0.3) is 0 Å². The number of carbonyl (C=O) groups excluding carboxylic acids is 3. The van der Waals surface area contributed by atoms with Crippen molar-refractivity contribution in [1.82, 2.24) is 10.2 Å². The van der Waals surface area contributed by atoms with Crippen LogP contribution in [0.2, 0.25) is 5.02 Å². The van der Waals surface area contributed by atoms with Gasteiger partial charge < -0.3 is 5.73 Å². The number of nitrogens with two attached hydrogens (primary N) is 1. The average Bonchev–Trinajstić information content (AvgIpc) is 2.44. The molecule has 1 aliphatic rings. The van der Waals surface area contributed by atoms with Gasteiger partial charge in [-0.05, 0) is 24.1 Å². The van der Waals surface area contributed by atoms with Crippen molar-refractivity contribution >= 4 is 29.3 Å². The minimum atomic E-state index is -0.580. The second kappa shape index (κ2) is 6.24. The molecule has 0 radical (unpaired) electrons. The fourth-order valence-electron chi connectivity index (χ4n) is 2.19. The van der Waals surface area contributed by atoms with E-state index in [2.05, 4.69) is 5.32 Å². The highest BCUT2D eigenvalue weighted by Gasteiger charge is 2.33. The molecule has 0 aromatic heterocycles. The lowest BCUT2D eigenvalue weighted by Crippen LogP contribution is -2.57. The van der Waals surface area contributed by atoms with E-state index in [0.717, 1.165) is 0 Å². The largest absolute Gasteiger partial charge is 0.366 e. The number of nitrogens with one attached hydrogen (secondary N) is 1. The zero-order valence-corrected chi connectivity index (χ0v) is 12.3. The fraction of sp³-hybridized carbons (Fsp3) is 0.357. The Labute approximate surface area is 127 Å². The summed E-state index contributed by atoms with van der Waals surface area (Å²) in [4.78, 5) is 36.3. The van der Waals surface area contributed by atoms with Gasteiger partial charge in [0.2, 0.25) is 17.7 Å². The third-order valence-corrected chi connectivity index (χ3v) is 3.79. The van der Waals surface area contributed by atoms with Crippen molar-refractivity contribution in [2.75, 3.05) is 6.54 Å². The van der Waals surface area contributed by atoms with Crippen molar-refractivity contribution < 1.29 is 14.4 Å². The average molecular weight is 310 g/mol. The monoisotopic (exact) mass is 309 g/mol. The molecule has 1 fully saturated rings. The molecule has 3 N–H and O–H groups in total. The highest BCUT2D eigenvalue weighted by Crippen LogP contribution is 2.21. The van der Waals surface area contributed by atoms with Crippen LogP contribution in [-0.2, 0) is 16.1 Å². The highest BCUT2D eigenvalue weighted by atomic mass is 35.5. The van der Waals surface area contributed by atoms with Gasteiger partial charge in [-0.1, -0.05) is 24.6 Å². The molecular formula is C14H16ClN3O3. The van der Waals surface area contributed by atoms with Crippen LogP contribution >= 0.6 is 11.6 Å². The van der Waals surface area contributed by atoms with Crippen molar-refractivity contribution in [3.8, 4) is 0 Å². The lowest BCUT2D eigenvalue weighted by molar-refractivity contribution is -0.150. The van der Waals surface area contributed by atoms with Crippen molar-refractivity contribution in [3.05, 3.63) is 34.3 Å². The van der Waals surface area contributed by atoms with Gasteiger partial charge in [-0.3, -0.25) is 24.6 Å². The molecule has 1 saturated heterocycles. The summed E-state index contributed by atoms with van der Waals surface area (Å²) in [6.07, 6.45) is 0.608. The molecule has 3 amide bonds. The molecule has 1 aromatic carbocycles. The van der Waals surface area contributed by atoms with Crippen molar-refractivity contribution in [1.29, 1.82) is 0 Å². The summed E-state index contributed by atoms with van der Waals surface area (Å²) >= 11 is 6.09. The number of benzene rings is 1. The van der Waals surface area contributed by atoms with E-state index >= 15 is 0 Å². The van der Waals surface area contributed by atoms with Crippen molar-refractivity contribution in [2.45, 2.75) is 25.9 Å². The SMILES string of the molecule is CCC1NCC(=O)N(Cc2ccc(C(N)=O)cc2Cl)C1=O.